The van der Waals surface area contributed by atoms with Gasteiger partial charge in [-0.15, -0.1) is 0 Å². The van der Waals surface area contributed by atoms with Crippen LogP contribution in [0.3, 0.4) is 0 Å². The van der Waals surface area contributed by atoms with Gasteiger partial charge < -0.3 is 15.3 Å². The van der Waals surface area contributed by atoms with Gasteiger partial charge in [0.1, 0.15) is 0 Å². The van der Waals surface area contributed by atoms with E-state index in [-0.39, 0.29) is 0 Å². The van der Waals surface area contributed by atoms with Gasteiger partial charge in [-0.25, -0.2) is 0 Å². The summed E-state index contributed by atoms with van der Waals surface area (Å²) in [5.74, 6) is 1.54. The van der Waals surface area contributed by atoms with Gasteiger partial charge in [0.05, 0.1) is 17.8 Å². The van der Waals surface area contributed by atoms with E-state index in [1.165, 1.54) is 50.5 Å². The molecule has 0 amide bonds. The monoisotopic (exact) mass is 390 g/mol. The maximum atomic E-state index is 9.94. The maximum absolute atomic E-state index is 9.94. The van der Waals surface area contributed by atoms with Crippen molar-refractivity contribution in [2.75, 3.05) is 0 Å². The average molecular weight is 391 g/mol. The zero-order valence-electron chi connectivity index (χ0n) is 18.3. The average Bonchev–Trinajstić information content (AvgIpc) is 2.96. The molecule has 0 aromatic carbocycles. The van der Waals surface area contributed by atoms with Crippen LogP contribution < -0.4 is 0 Å². The number of hydrogen-bond acceptors (Lipinski definition) is 3. The highest BCUT2D eigenvalue weighted by atomic mass is 16.3. The van der Waals surface area contributed by atoms with Gasteiger partial charge in [0.25, 0.3) is 0 Å². The van der Waals surface area contributed by atoms with Crippen LogP contribution >= 0.6 is 0 Å². The first kappa shape index (κ1) is 22.1. The Morgan fingerprint density at radius 2 is 1.82 bits per heavy atom. The Balaban J connectivity index is 1.60. The number of aliphatic hydroxyl groups excluding tert-OH is 2. The van der Waals surface area contributed by atoms with Crippen molar-refractivity contribution in [3.8, 4) is 0 Å². The Hall–Kier alpha value is -0.640. The van der Waals surface area contributed by atoms with Crippen molar-refractivity contribution >= 4 is 0 Å². The first-order valence-corrected chi connectivity index (χ1v) is 11.7. The van der Waals surface area contributed by atoms with Crippen molar-refractivity contribution in [2.45, 2.75) is 116 Å². The van der Waals surface area contributed by atoms with E-state index in [0.717, 1.165) is 31.1 Å². The second-order valence-corrected chi connectivity index (χ2v) is 10.7. The Labute approximate surface area is 171 Å². The van der Waals surface area contributed by atoms with Crippen molar-refractivity contribution in [2.24, 2.45) is 17.3 Å². The third kappa shape index (κ3) is 5.29. The molecular weight excluding hydrogens is 348 g/mol. The standard InChI is InChI=1S/C25H42O3/c1-24(2,28)15-5-4-8-20-12-13-21-19(7-6-16-25(20,21)3)11-9-18-10-14-22(26)23(27)17-18/h9,11,20-23,26-28H,4-8,10,12-17H2,1-3H3/b18-9-,19-11+/t20?,21?,22-,23+,25?/m0/s1. The molecule has 0 spiro atoms. The third-order valence-electron chi connectivity index (χ3n) is 7.96. The number of aliphatic hydroxyl groups is 3. The number of fused-ring (bicyclic) bond motifs is 1. The van der Waals surface area contributed by atoms with E-state index >= 15 is 0 Å². The summed E-state index contributed by atoms with van der Waals surface area (Å²) in [6.45, 7) is 6.36. The lowest BCUT2D eigenvalue weighted by atomic mass is 9.62. The molecule has 3 aliphatic rings. The highest BCUT2D eigenvalue weighted by molar-refractivity contribution is 5.25. The third-order valence-corrected chi connectivity index (χ3v) is 7.96. The Bertz CT molecular complexity index is 585. The van der Waals surface area contributed by atoms with Crippen molar-refractivity contribution < 1.29 is 15.3 Å². The molecule has 3 fully saturated rings. The second-order valence-electron chi connectivity index (χ2n) is 10.7. The SMILES string of the molecule is CC(C)(O)CCCCC1CCC2/C(=C/C=C3/CC[C@H](O)[C@H](O)C3)CCCC12C. The molecule has 3 nitrogen and oxygen atoms in total. The molecule has 160 valence electrons. The summed E-state index contributed by atoms with van der Waals surface area (Å²) in [4.78, 5) is 0. The molecule has 3 N–H and O–H groups in total. The molecule has 28 heavy (non-hydrogen) atoms. The predicted octanol–water partition coefficient (Wildman–Crippen LogP) is 5.29. The molecular formula is C25H42O3. The van der Waals surface area contributed by atoms with Crippen molar-refractivity contribution in [1.29, 1.82) is 0 Å². The highest BCUT2D eigenvalue weighted by Gasteiger charge is 2.48. The first-order valence-electron chi connectivity index (χ1n) is 11.7. The van der Waals surface area contributed by atoms with Gasteiger partial charge in [0.15, 0.2) is 0 Å². The summed E-state index contributed by atoms with van der Waals surface area (Å²) in [7, 11) is 0. The molecule has 5 atom stereocenters. The van der Waals surface area contributed by atoms with Gasteiger partial charge in [-0.2, -0.15) is 0 Å². The van der Waals surface area contributed by atoms with E-state index in [4.69, 9.17) is 0 Å². The minimum absolute atomic E-state index is 0.444. The lowest BCUT2D eigenvalue weighted by molar-refractivity contribution is 0.00411. The van der Waals surface area contributed by atoms with Crippen LogP contribution in [0.5, 0.6) is 0 Å². The van der Waals surface area contributed by atoms with E-state index in [9.17, 15) is 15.3 Å². The first-order chi connectivity index (χ1) is 13.2. The fraction of sp³-hybridized carbons (Fsp3) is 0.840. The van der Waals surface area contributed by atoms with Crippen molar-refractivity contribution in [3.63, 3.8) is 0 Å². The van der Waals surface area contributed by atoms with Crippen molar-refractivity contribution in [3.05, 3.63) is 23.3 Å². The molecule has 0 bridgehead atoms. The summed E-state index contributed by atoms with van der Waals surface area (Å²) < 4.78 is 0. The molecule has 3 aliphatic carbocycles. The van der Waals surface area contributed by atoms with Crippen LogP contribution in [-0.2, 0) is 0 Å². The van der Waals surface area contributed by atoms with E-state index in [2.05, 4.69) is 19.1 Å². The zero-order valence-corrected chi connectivity index (χ0v) is 18.3. The lowest BCUT2D eigenvalue weighted by Gasteiger charge is -2.42. The van der Waals surface area contributed by atoms with Crippen LogP contribution in [0, 0.1) is 17.3 Å². The van der Waals surface area contributed by atoms with E-state index in [1.54, 1.807) is 5.57 Å². The fourth-order valence-electron chi connectivity index (χ4n) is 6.18. The van der Waals surface area contributed by atoms with Crippen LogP contribution in [0.4, 0.5) is 0 Å². The molecule has 0 aromatic heterocycles. The van der Waals surface area contributed by atoms with E-state index in [0.29, 0.717) is 18.3 Å². The Morgan fingerprint density at radius 3 is 2.54 bits per heavy atom. The van der Waals surface area contributed by atoms with Gasteiger partial charge in [0.2, 0.25) is 0 Å². The molecule has 3 saturated carbocycles. The van der Waals surface area contributed by atoms with Gasteiger partial charge in [-0.3, -0.25) is 0 Å². The number of unbranched alkanes of at least 4 members (excludes halogenated alkanes) is 1. The minimum Gasteiger partial charge on any atom is -0.390 e. The number of allylic oxidation sites excluding steroid dienone is 3. The van der Waals surface area contributed by atoms with Crippen LogP contribution in [0.1, 0.15) is 97.8 Å². The Kier molecular flexibility index (Phi) is 7.10. The smallest absolute Gasteiger partial charge is 0.0836 e. The van der Waals surface area contributed by atoms with E-state index < -0.39 is 17.8 Å². The van der Waals surface area contributed by atoms with Crippen molar-refractivity contribution in [1.82, 2.24) is 0 Å². The fourth-order valence-corrected chi connectivity index (χ4v) is 6.18. The molecule has 3 heteroatoms. The summed E-state index contributed by atoms with van der Waals surface area (Å²) in [6.07, 6.45) is 16.8. The normalized spacial score (nSPS) is 39.5. The quantitative estimate of drug-likeness (QED) is 0.540. The minimum atomic E-state index is -0.588. The van der Waals surface area contributed by atoms with Gasteiger partial charge in [-0.05, 0) is 95.3 Å². The Morgan fingerprint density at radius 1 is 1.04 bits per heavy atom. The lowest BCUT2D eigenvalue weighted by Crippen LogP contribution is -2.33. The number of hydrogen-bond donors (Lipinski definition) is 3. The van der Waals surface area contributed by atoms with Crippen LogP contribution in [-0.4, -0.2) is 33.1 Å². The van der Waals surface area contributed by atoms with E-state index in [1.807, 2.05) is 13.8 Å². The van der Waals surface area contributed by atoms with Crippen LogP contribution in [0.2, 0.25) is 0 Å². The molecule has 0 radical (unpaired) electrons. The molecule has 0 heterocycles. The molecule has 0 saturated heterocycles. The summed E-state index contributed by atoms with van der Waals surface area (Å²) in [6, 6.07) is 0. The van der Waals surface area contributed by atoms with Crippen LogP contribution in [0.15, 0.2) is 23.3 Å². The maximum Gasteiger partial charge on any atom is 0.0836 e. The molecule has 3 rings (SSSR count). The molecule has 3 unspecified atom stereocenters. The molecule has 0 aliphatic heterocycles. The van der Waals surface area contributed by atoms with Gasteiger partial charge in [0, 0.05) is 0 Å². The zero-order chi connectivity index (χ0) is 20.4. The topological polar surface area (TPSA) is 60.7 Å². The largest absolute Gasteiger partial charge is 0.390 e. The second kappa shape index (κ2) is 9.02. The van der Waals surface area contributed by atoms with Gasteiger partial charge in [-0.1, -0.05) is 43.1 Å². The summed E-state index contributed by atoms with van der Waals surface area (Å²) in [5.41, 5.74) is 2.83. The summed E-state index contributed by atoms with van der Waals surface area (Å²) in [5, 5.41) is 29.6. The molecule has 0 aromatic rings. The van der Waals surface area contributed by atoms with Gasteiger partial charge >= 0.3 is 0 Å². The summed E-state index contributed by atoms with van der Waals surface area (Å²) >= 11 is 0. The highest BCUT2D eigenvalue weighted by Crippen LogP contribution is 2.58. The number of rotatable bonds is 6. The predicted molar refractivity (Wildman–Crippen MR) is 115 cm³/mol. The van der Waals surface area contributed by atoms with Crippen LogP contribution in [0.25, 0.3) is 0 Å².